The SMILES string of the molecule is COc1cc(C=Nc2ccc(NC(C)=O)cc2)c([N+](=O)[O-])cc1OC. The predicted molar refractivity (Wildman–Crippen MR) is 94.2 cm³/mol. The zero-order valence-corrected chi connectivity index (χ0v) is 14.0. The van der Waals surface area contributed by atoms with Crippen LogP contribution in [-0.4, -0.2) is 31.3 Å². The Hall–Kier alpha value is -3.42. The van der Waals surface area contributed by atoms with Gasteiger partial charge >= 0.3 is 0 Å². The number of nitro benzene ring substituents is 1. The summed E-state index contributed by atoms with van der Waals surface area (Å²) >= 11 is 0. The van der Waals surface area contributed by atoms with Gasteiger partial charge in [-0.05, 0) is 30.3 Å². The Morgan fingerprint density at radius 3 is 2.28 bits per heavy atom. The number of hydrogen-bond acceptors (Lipinski definition) is 6. The molecule has 25 heavy (non-hydrogen) atoms. The highest BCUT2D eigenvalue weighted by Gasteiger charge is 2.18. The molecular weight excluding hydrogens is 326 g/mol. The molecule has 0 radical (unpaired) electrons. The highest BCUT2D eigenvalue weighted by Crippen LogP contribution is 2.34. The topological polar surface area (TPSA) is 103 Å². The summed E-state index contributed by atoms with van der Waals surface area (Å²) in [5.41, 5.74) is 1.37. The molecule has 1 amide bonds. The highest BCUT2D eigenvalue weighted by molar-refractivity contribution is 5.90. The van der Waals surface area contributed by atoms with Crippen molar-refractivity contribution >= 4 is 29.2 Å². The van der Waals surface area contributed by atoms with Crippen LogP contribution in [0.3, 0.4) is 0 Å². The van der Waals surface area contributed by atoms with E-state index in [0.29, 0.717) is 17.1 Å². The molecule has 0 bridgehead atoms. The standard InChI is InChI=1S/C17H17N3O5/c1-11(21)19-14-6-4-13(5-7-14)18-10-12-8-16(24-2)17(25-3)9-15(12)20(22)23/h4-10H,1-3H3,(H,19,21). The molecule has 0 spiro atoms. The number of nitrogens with zero attached hydrogens (tertiary/aromatic N) is 2. The minimum atomic E-state index is -0.511. The summed E-state index contributed by atoms with van der Waals surface area (Å²) in [6.07, 6.45) is 1.38. The van der Waals surface area contributed by atoms with Crippen molar-refractivity contribution in [1.29, 1.82) is 0 Å². The number of anilines is 1. The molecule has 0 saturated heterocycles. The first-order valence-electron chi connectivity index (χ1n) is 7.26. The summed E-state index contributed by atoms with van der Waals surface area (Å²) in [4.78, 5) is 26.0. The molecule has 0 aromatic heterocycles. The smallest absolute Gasteiger partial charge is 0.282 e. The fourth-order valence-corrected chi connectivity index (χ4v) is 2.12. The van der Waals surface area contributed by atoms with Gasteiger partial charge in [-0.25, -0.2) is 0 Å². The van der Waals surface area contributed by atoms with E-state index in [1.807, 2.05) is 0 Å². The van der Waals surface area contributed by atoms with Crippen molar-refractivity contribution in [2.24, 2.45) is 4.99 Å². The van der Waals surface area contributed by atoms with Gasteiger partial charge in [0.2, 0.25) is 5.91 Å². The summed E-state index contributed by atoms with van der Waals surface area (Å²) < 4.78 is 10.2. The maximum Gasteiger partial charge on any atom is 0.282 e. The number of carbonyl (C=O) groups excluding carboxylic acids is 1. The van der Waals surface area contributed by atoms with Crippen LogP contribution in [0, 0.1) is 10.1 Å². The average molecular weight is 343 g/mol. The van der Waals surface area contributed by atoms with E-state index in [2.05, 4.69) is 10.3 Å². The number of rotatable bonds is 6. The third-order valence-corrected chi connectivity index (χ3v) is 3.27. The van der Waals surface area contributed by atoms with Crippen LogP contribution in [-0.2, 0) is 4.79 Å². The van der Waals surface area contributed by atoms with Gasteiger partial charge in [-0.3, -0.25) is 19.9 Å². The molecule has 0 aliphatic heterocycles. The van der Waals surface area contributed by atoms with E-state index in [9.17, 15) is 14.9 Å². The van der Waals surface area contributed by atoms with Crippen LogP contribution in [0.4, 0.5) is 17.1 Å². The van der Waals surface area contributed by atoms with Gasteiger partial charge in [0.25, 0.3) is 5.69 Å². The van der Waals surface area contributed by atoms with Gasteiger partial charge in [-0.15, -0.1) is 0 Å². The maximum absolute atomic E-state index is 11.3. The van der Waals surface area contributed by atoms with Gasteiger partial charge in [-0.2, -0.15) is 0 Å². The molecule has 2 aromatic rings. The van der Waals surface area contributed by atoms with E-state index in [1.165, 1.54) is 39.5 Å². The third kappa shape index (κ3) is 4.54. The minimum absolute atomic E-state index is 0.142. The third-order valence-electron chi connectivity index (χ3n) is 3.27. The number of benzene rings is 2. The van der Waals surface area contributed by atoms with Crippen LogP contribution < -0.4 is 14.8 Å². The zero-order valence-electron chi connectivity index (χ0n) is 14.0. The van der Waals surface area contributed by atoms with Crippen LogP contribution in [0.1, 0.15) is 12.5 Å². The van der Waals surface area contributed by atoms with E-state index in [4.69, 9.17) is 9.47 Å². The Balaban J connectivity index is 2.33. The van der Waals surface area contributed by atoms with Crippen LogP contribution in [0.15, 0.2) is 41.4 Å². The first-order chi connectivity index (χ1) is 11.9. The molecular formula is C17H17N3O5. The first kappa shape index (κ1) is 17.9. The quantitative estimate of drug-likeness (QED) is 0.492. The van der Waals surface area contributed by atoms with E-state index >= 15 is 0 Å². The lowest BCUT2D eigenvalue weighted by atomic mass is 10.1. The number of hydrogen-bond donors (Lipinski definition) is 1. The van der Waals surface area contributed by atoms with E-state index in [1.54, 1.807) is 24.3 Å². The van der Waals surface area contributed by atoms with Crippen molar-refractivity contribution < 1.29 is 19.2 Å². The first-order valence-corrected chi connectivity index (χ1v) is 7.26. The largest absolute Gasteiger partial charge is 0.493 e. The number of nitrogens with one attached hydrogen (secondary N) is 1. The van der Waals surface area contributed by atoms with Gasteiger partial charge in [0.05, 0.1) is 36.5 Å². The maximum atomic E-state index is 11.3. The lowest BCUT2D eigenvalue weighted by Crippen LogP contribution is -2.04. The molecule has 0 unspecified atom stereocenters. The molecule has 0 atom stereocenters. The molecule has 2 aromatic carbocycles. The molecule has 0 saturated carbocycles. The fourth-order valence-electron chi connectivity index (χ4n) is 2.12. The van der Waals surface area contributed by atoms with Crippen LogP contribution >= 0.6 is 0 Å². The summed E-state index contributed by atoms with van der Waals surface area (Å²) in [5, 5.41) is 13.9. The van der Waals surface area contributed by atoms with Crippen molar-refractivity contribution in [2.45, 2.75) is 6.92 Å². The normalized spacial score (nSPS) is 10.5. The molecule has 8 heteroatoms. The number of aliphatic imine (C=N–C) groups is 1. The Bertz CT molecular complexity index is 816. The molecule has 0 fully saturated rings. The number of nitro groups is 1. The summed E-state index contributed by atoms with van der Waals surface area (Å²) in [6, 6.07) is 9.54. The molecule has 130 valence electrons. The van der Waals surface area contributed by atoms with Crippen molar-refractivity contribution in [2.75, 3.05) is 19.5 Å². The van der Waals surface area contributed by atoms with Gasteiger partial charge < -0.3 is 14.8 Å². The molecule has 0 aliphatic carbocycles. The zero-order chi connectivity index (χ0) is 18.4. The van der Waals surface area contributed by atoms with Crippen LogP contribution in [0.2, 0.25) is 0 Å². The second-order valence-electron chi connectivity index (χ2n) is 5.01. The van der Waals surface area contributed by atoms with Crippen molar-refractivity contribution in [3.8, 4) is 11.5 Å². The Kier molecular flexibility index (Phi) is 5.67. The number of amides is 1. The monoisotopic (exact) mass is 343 g/mol. The summed E-state index contributed by atoms with van der Waals surface area (Å²) in [6.45, 7) is 1.42. The highest BCUT2D eigenvalue weighted by atomic mass is 16.6. The molecule has 8 nitrogen and oxygen atoms in total. The number of carbonyl (C=O) groups is 1. The molecule has 0 heterocycles. The average Bonchev–Trinajstić information content (AvgIpc) is 2.59. The van der Waals surface area contributed by atoms with Gasteiger partial charge in [0.15, 0.2) is 11.5 Å². The lowest BCUT2D eigenvalue weighted by Gasteiger charge is -2.08. The number of methoxy groups -OCH3 is 2. The van der Waals surface area contributed by atoms with Gasteiger partial charge in [0, 0.05) is 18.8 Å². The Labute approximate surface area is 144 Å². The molecule has 1 N–H and O–H groups in total. The Morgan fingerprint density at radius 1 is 1.16 bits per heavy atom. The summed E-state index contributed by atoms with van der Waals surface area (Å²) in [7, 11) is 2.86. The van der Waals surface area contributed by atoms with Crippen molar-refractivity contribution in [3.05, 3.63) is 52.1 Å². The Morgan fingerprint density at radius 2 is 1.76 bits per heavy atom. The minimum Gasteiger partial charge on any atom is -0.493 e. The predicted octanol–water partition coefficient (Wildman–Crippen LogP) is 3.32. The van der Waals surface area contributed by atoms with E-state index < -0.39 is 4.92 Å². The molecule has 0 aliphatic rings. The second-order valence-corrected chi connectivity index (χ2v) is 5.01. The van der Waals surface area contributed by atoms with Crippen LogP contribution in [0.25, 0.3) is 0 Å². The lowest BCUT2D eigenvalue weighted by molar-refractivity contribution is -0.385. The van der Waals surface area contributed by atoms with E-state index in [-0.39, 0.29) is 22.9 Å². The molecule has 2 rings (SSSR count). The van der Waals surface area contributed by atoms with Gasteiger partial charge in [-0.1, -0.05) is 0 Å². The fraction of sp³-hybridized carbons (Fsp3) is 0.176. The van der Waals surface area contributed by atoms with Crippen molar-refractivity contribution in [1.82, 2.24) is 0 Å². The van der Waals surface area contributed by atoms with Crippen molar-refractivity contribution in [3.63, 3.8) is 0 Å². The van der Waals surface area contributed by atoms with Crippen LogP contribution in [0.5, 0.6) is 11.5 Å². The second kappa shape index (κ2) is 7.91. The summed E-state index contributed by atoms with van der Waals surface area (Å²) in [5.74, 6) is 0.471. The van der Waals surface area contributed by atoms with Gasteiger partial charge in [0.1, 0.15) is 0 Å². The van der Waals surface area contributed by atoms with E-state index in [0.717, 1.165) is 0 Å². The number of ether oxygens (including phenoxy) is 2.